The molecule has 0 aromatic carbocycles. The minimum Gasteiger partial charge on any atom is -0.0670 e. The first-order valence-corrected chi connectivity index (χ1v) is 8.05. The van der Waals surface area contributed by atoms with E-state index in [9.17, 15) is 0 Å². The van der Waals surface area contributed by atoms with Crippen LogP contribution in [-0.4, -0.2) is 0 Å². The van der Waals surface area contributed by atoms with E-state index in [1.165, 1.54) is 51.4 Å². The third-order valence-electron chi connectivity index (χ3n) is 6.23. The molecule has 17 heavy (non-hydrogen) atoms. The van der Waals surface area contributed by atoms with E-state index in [1.807, 2.05) is 11.1 Å². The molecule has 0 heteroatoms. The Balaban J connectivity index is 1.56. The van der Waals surface area contributed by atoms with E-state index >= 15 is 0 Å². The Morgan fingerprint density at radius 2 is 1.65 bits per heavy atom. The predicted molar refractivity (Wildman–Crippen MR) is 71.7 cm³/mol. The zero-order valence-corrected chi connectivity index (χ0v) is 11.3. The molecule has 0 aliphatic heterocycles. The molecule has 0 aromatic rings. The molecular weight excluding hydrogens is 204 g/mol. The quantitative estimate of drug-likeness (QED) is 0.589. The van der Waals surface area contributed by atoms with Gasteiger partial charge in [0, 0.05) is 0 Å². The molecule has 0 heterocycles. The average molecular weight is 230 g/mol. The van der Waals surface area contributed by atoms with Gasteiger partial charge in [-0.3, -0.25) is 0 Å². The van der Waals surface area contributed by atoms with Crippen molar-refractivity contribution in [2.45, 2.75) is 64.7 Å². The van der Waals surface area contributed by atoms with Crippen LogP contribution in [0.15, 0.2) is 11.1 Å². The number of hydrogen-bond acceptors (Lipinski definition) is 0. The highest BCUT2D eigenvalue weighted by Gasteiger charge is 2.50. The summed E-state index contributed by atoms with van der Waals surface area (Å²) in [4.78, 5) is 0. The lowest BCUT2D eigenvalue weighted by atomic mass is 9.72. The van der Waals surface area contributed by atoms with Crippen molar-refractivity contribution in [1.29, 1.82) is 0 Å². The summed E-state index contributed by atoms with van der Waals surface area (Å²) in [6.07, 6.45) is 13.7. The van der Waals surface area contributed by atoms with Crippen molar-refractivity contribution in [1.82, 2.24) is 0 Å². The lowest BCUT2D eigenvalue weighted by Gasteiger charge is -2.34. The average Bonchev–Trinajstić information content (AvgIpc) is 2.91. The fraction of sp³-hybridized carbons (Fsp3) is 0.882. The van der Waals surface area contributed by atoms with Gasteiger partial charge in [0.25, 0.3) is 0 Å². The molecule has 4 rings (SSSR count). The molecule has 3 saturated carbocycles. The molecular formula is C17H26. The van der Waals surface area contributed by atoms with Gasteiger partial charge in [-0.25, -0.2) is 0 Å². The number of rotatable bonds is 2. The van der Waals surface area contributed by atoms with E-state index in [0.717, 1.165) is 29.6 Å². The zero-order chi connectivity index (χ0) is 11.4. The van der Waals surface area contributed by atoms with Crippen molar-refractivity contribution in [3.05, 3.63) is 11.1 Å². The fourth-order valence-corrected chi connectivity index (χ4v) is 4.79. The Hall–Kier alpha value is -0.260. The summed E-state index contributed by atoms with van der Waals surface area (Å²) < 4.78 is 0. The summed E-state index contributed by atoms with van der Waals surface area (Å²) in [7, 11) is 0. The Morgan fingerprint density at radius 3 is 2.29 bits per heavy atom. The van der Waals surface area contributed by atoms with Crippen LogP contribution in [0.2, 0.25) is 0 Å². The van der Waals surface area contributed by atoms with Crippen molar-refractivity contribution in [3.63, 3.8) is 0 Å². The summed E-state index contributed by atoms with van der Waals surface area (Å²) in [6.45, 7) is 2.45. The molecule has 0 nitrogen and oxygen atoms in total. The summed E-state index contributed by atoms with van der Waals surface area (Å²) >= 11 is 0. The van der Waals surface area contributed by atoms with Gasteiger partial charge in [-0.1, -0.05) is 37.3 Å². The Bertz CT molecular complexity index is 339. The molecule has 2 unspecified atom stereocenters. The first-order chi connectivity index (χ1) is 8.33. The van der Waals surface area contributed by atoms with Crippen molar-refractivity contribution in [2.75, 3.05) is 0 Å². The molecule has 4 aliphatic carbocycles. The van der Waals surface area contributed by atoms with Crippen molar-refractivity contribution >= 4 is 0 Å². The standard InChI is InChI=1S/C17H26/c1-11-5-7-13(8-6-11)17-15(12-3-2-4-12)9-14-10-16(14)17/h11-14,16H,2-10H2,1H3. The van der Waals surface area contributed by atoms with E-state index in [-0.39, 0.29) is 0 Å². The van der Waals surface area contributed by atoms with Crippen molar-refractivity contribution in [2.24, 2.45) is 29.6 Å². The number of allylic oxidation sites excluding steroid dienone is 2. The van der Waals surface area contributed by atoms with Gasteiger partial charge >= 0.3 is 0 Å². The molecule has 0 aromatic heterocycles. The van der Waals surface area contributed by atoms with Crippen molar-refractivity contribution < 1.29 is 0 Å². The third kappa shape index (κ3) is 1.71. The van der Waals surface area contributed by atoms with Crippen LogP contribution in [0.4, 0.5) is 0 Å². The molecule has 0 spiro atoms. The van der Waals surface area contributed by atoms with Gasteiger partial charge in [0.15, 0.2) is 0 Å². The van der Waals surface area contributed by atoms with E-state index < -0.39 is 0 Å². The first-order valence-electron chi connectivity index (χ1n) is 8.05. The molecule has 4 aliphatic rings. The summed E-state index contributed by atoms with van der Waals surface area (Å²) in [5.41, 5.74) is 4.03. The molecule has 0 amide bonds. The number of hydrogen-bond donors (Lipinski definition) is 0. The SMILES string of the molecule is CC1CCC(C2=C(C3CCC3)CC3CC23)CC1. The Kier molecular flexibility index (Phi) is 2.42. The summed E-state index contributed by atoms with van der Waals surface area (Å²) in [5, 5.41) is 0. The lowest BCUT2D eigenvalue weighted by molar-refractivity contribution is 0.305. The lowest BCUT2D eigenvalue weighted by Crippen LogP contribution is -2.20. The maximum atomic E-state index is 2.45. The first kappa shape index (κ1) is 10.6. The van der Waals surface area contributed by atoms with Gasteiger partial charge in [-0.05, 0) is 68.1 Å². The smallest absolute Gasteiger partial charge is 0.0163 e. The largest absolute Gasteiger partial charge is 0.0670 e. The van der Waals surface area contributed by atoms with Crippen LogP contribution in [0.5, 0.6) is 0 Å². The van der Waals surface area contributed by atoms with Crippen LogP contribution >= 0.6 is 0 Å². The summed E-state index contributed by atoms with van der Waals surface area (Å²) in [5.74, 6) is 5.30. The molecule has 0 bridgehead atoms. The van der Waals surface area contributed by atoms with Crippen LogP contribution < -0.4 is 0 Å². The second-order valence-electron chi connectivity index (χ2n) is 7.37. The van der Waals surface area contributed by atoms with Crippen LogP contribution in [0.1, 0.15) is 64.7 Å². The van der Waals surface area contributed by atoms with Crippen molar-refractivity contribution in [3.8, 4) is 0 Å². The van der Waals surface area contributed by atoms with Crippen LogP contribution in [-0.2, 0) is 0 Å². The monoisotopic (exact) mass is 230 g/mol. The highest BCUT2D eigenvalue weighted by Crippen LogP contribution is 2.61. The molecule has 0 N–H and O–H groups in total. The Labute approximate surface area is 106 Å². The second kappa shape index (κ2) is 3.87. The molecule has 94 valence electrons. The minimum atomic E-state index is 1.01. The maximum Gasteiger partial charge on any atom is -0.0163 e. The highest BCUT2D eigenvalue weighted by atomic mass is 14.5. The van der Waals surface area contributed by atoms with Crippen LogP contribution in [0, 0.1) is 29.6 Å². The van der Waals surface area contributed by atoms with Gasteiger partial charge < -0.3 is 0 Å². The Morgan fingerprint density at radius 1 is 0.882 bits per heavy atom. The second-order valence-corrected chi connectivity index (χ2v) is 7.37. The molecule has 0 saturated heterocycles. The van der Waals surface area contributed by atoms with E-state index in [2.05, 4.69) is 6.92 Å². The molecule has 3 fully saturated rings. The van der Waals surface area contributed by atoms with Crippen LogP contribution in [0.3, 0.4) is 0 Å². The van der Waals surface area contributed by atoms with Gasteiger partial charge in [-0.2, -0.15) is 0 Å². The fourth-order valence-electron chi connectivity index (χ4n) is 4.79. The van der Waals surface area contributed by atoms with Crippen LogP contribution in [0.25, 0.3) is 0 Å². The molecule has 2 atom stereocenters. The van der Waals surface area contributed by atoms with Gasteiger partial charge in [-0.15, -0.1) is 0 Å². The minimum absolute atomic E-state index is 1.01. The van der Waals surface area contributed by atoms with Gasteiger partial charge in [0.05, 0.1) is 0 Å². The van der Waals surface area contributed by atoms with Gasteiger partial charge in [0.1, 0.15) is 0 Å². The van der Waals surface area contributed by atoms with E-state index in [1.54, 1.807) is 6.42 Å². The third-order valence-corrected chi connectivity index (χ3v) is 6.23. The number of fused-ring (bicyclic) bond motifs is 1. The molecule has 0 radical (unpaired) electrons. The van der Waals surface area contributed by atoms with E-state index in [4.69, 9.17) is 0 Å². The normalized spacial score (nSPS) is 45.7. The zero-order valence-electron chi connectivity index (χ0n) is 11.3. The predicted octanol–water partition coefficient (Wildman–Crippen LogP) is 4.95. The summed E-state index contributed by atoms with van der Waals surface area (Å²) in [6, 6.07) is 0. The topological polar surface area (TPSA) is 0 Å². The van der Waals surface area contributed by atoms with Gasteiger partial charge in [0.2, 0.25) is 0 Å². The van der Waals surface area contributed by atoms with E-state index in [0.29, 0.717) is 0 Å². The highest BCUT2D eigenvalue weighted by molar-refractivity contribution is 5.35. The maximum absolute atomic E-state index is 2.45.